The molecule has 0 aromatic rings. The number of ether oxygens (including phenoxy) is 4. The van der Waals surface area contributed by atoms with Crippen LogP contribution in [0.5, 0.6) is 0 Å². The lowest BCUT2D eigenvalue weighted by atomic mass is 10.2. The van der Waals surface area contributed by atoms with E-state index in [9.17, 15) is 4.79 Å². The van der Waals surface area contributed by atoms with Gasteiger partial charge in [0.15, 0.2) is 0 Å². The Hall–Kier alpha value is -0.690. The molecule has 6 heteroatoms. The van der Waals surface area contributed by atoms with E-state index in [0.717, 1.165) is 0 Å². The van der Waals surface area contributed by atoms with Gasteiger partial charge in [-0.3, -0.25) is 0 Å². The van der Waals surface area contributed by atoms with Crippen LogP contribution in [0.15, 0.2) is 0 Å². The number of aliphatic hydroxyl groups excluding tert-OH is 1. The molecular weight excluding hydrogens is 240 g/mol. The van der Waals surface area contributed by atoms with Crippen molar-refractivity contribution in [3.05, 3.63) is 0 Å². The van der Waals surface area contributed by atoms with Crippen molar-refractivity contribution in [2.75, 3.05) is 39.6 Å². The molecule has 0 heterocycles. The first-order valence-corrected chi connectivity index (χ1v) is 6.19. The van der Waals surface area contributed by atoms with Crippen LogP contribution in [0.1, 0.15) is 20.8 Å². The first-order chi connectivity index (χ1) is 8.61. The highest BCUT2D eigenvalue weighted by molar-refractivity contribution is 5.70. The second-order valence-electron chi connectivity index (χ2n) is 3.73. The van der Waals surface area contributed by atoms with Crippen molar-refractivity contribution in [1.82, 2.24) is 0 Å². The Morgan fingerprint density at radius 1 is 1.11 bits per heavy atom. The third-order valence-corrected chi connectivity index (χ3v) is 2.27. The summed E-state index contributed by atoms with van der Waals surface area (Å²) in [6.07, 6.45) is -0.190. The number of carbonyl (C=O) groups is 1. The van der Waals surface area contributed by atoms with Crippen LogP contribution in [0.3, 0.4) is 0 Å². The van der Waals surface area contributed by atoms with E-state index in [1.807, 2.05) is 13.8 Å². The number of hydrogen-bond acceptors (Lipinski definition) is 6. The van der Waals surface area contributed by atoms with E-state index in [0.29, 0.717) is 26.4 Å². The van der Waals surface area contributed by atoms with Crippen molar-refractivity contribution in [1.29, 1.82) is 0 Å². The fraction of sp³-hybridized carbons (Fsp3) is 0.917. The molecule has 2 unspecified atom stereocenters. The minimum absolute atomic E-state index is 0.000286. The average molecular weight is 264 g/mol. The molecule has 0 aromatic heterocycles. The highest BCUT2D eigenvalue weighted by atomic mass is 16.6. The van der Waals surface area contributed by atoms with Crippen molar-refractivity contribution in [3.8, 4) is 0 Å². The van der Waals surface area contributed by atoms with E-state index >= 15 is 0 Å². The van der Waals surface area contributed by atoms with Crippen molar-refractivity contribution >= 4 is 5.97 Å². The molecule has 0 saturated carbocycles. The predicted molar refractivity (Wildman–Crippen MR) is 65.4 cm³/mol. The molecule has 0 fully saturated rings. The number of esters is 1. The fourth-order valence-electron chi connectivity index (χ4n) is 1.16. The van der Waals surface area contributed by atoms with Gasteiger partial charge in [-0.15, -0.1) is 0 Å². The lowest BCUT2D eigenvalue weighted by Gasteiger charge is -2.20. The van der Waals surface area contributed by atoms with Crippen molar-refractivity contribution in [2.45, 2.75) is 33.0 Å². The van der Waals surface area contributed by atoms with Crippen molar-refractivity contribution in [2.24, 2.45) is 0 Å². The van der Waals surface area contributed by atoms with Gasteiger partial charge in [0.05, 0.1) is 45.2 Å². The van der Waals surface area contributed by atoms with Gasteiger partial charge in [0.2, 0.25) is 0 Å². The van der Waals surface area contributed by atoms with Gasteiger partial charge in [-0.05, 0) is 20.8 Å². The van der Waals surface area contributed by atoms with Crippen LogP contribution in [0.2, 0.25) is 0 Å². The Labute approximate surface area is 108 Å². The second kappa shape index (κ2) is 11.4. The highest BCUT2D eigenvalue weighted by Crippen LogP contribution is 2.02. The Balaban J connectivity index is 3.44. The summed E-state index contributed by atoms with van der Waals surface area (Å²) in [5.74, 6) is -0.370. The number of rotatable bonds is 11. The molecule has 1 N–H and O–H groups in total. The third kappa shape index (κ3) is 9.35. The SMILES string of the molecule is CCOC(=O)COCCOC(C)C(C)OCCO. The lowest BCUT2D eigenvalue weighted by Crippen LogP contribution is -2.28. The number of carbonyl (C=O) groups excluding carboxylic acids is 1. The Morgan fingerprint density at radius 2 is 1.72 bits per heavy atom. The monoisotopic (exact) mass is 264 g/mol. The van der Waals surface area contributed by atoms with Crippen molar-refractivity contribution in [3.63, 3.8) is 0 Å². The number of aliphatic hydroxyl groups is 1. The van der Waals surface area contributed by atoms with Gasteiger partial charge < -0.3 is 24.1 Å². The van der Waals surface area contributed by atoms with Crippen LogP contribution in [0.4, 0.5) is 0 Å². The maximum Gasteiger partial charge on any atom is 0.332 e. The minimum Gasteiger partial charge on any atom is -0.464 e. The van der Waals surface area contributed by atoms with Crippen LogP contribution < -0.4 is 0 Å². The van der Waals surface area contributed by atoms with E-state index in [4.69, 9.17) is 24.1 Å². The molecule has 0 rings (SSSR count). The van der Waals surface area contributed by atoms with Gasteiger partial charge in [-0.1, -0.05) is 0 Å². The molecule has 0 amide bonds. The lowest BCUT2D eigenvalue weighted by molar-refractivity contribution is -0.149. The zero-order chi connectivity index (χ0) is 13.8. The van der Waals surface area contributed by atoms with Crippen LogP contribution in [0.25, 0.3) is 0 Å². The summed E-state index contributed by atoms with van der Waals surface area (Å²) in [6, 6.07) is 0. The summed E-state index contributed by atoms with van der Waals surface area (Å²) in [5, 5.41) is 8.61. The Bertz CT molecular complexity index is 209. The van der Waals surface area contributed by atoms with Gasteiger partial charge >= 0.3 is 5.97 Å². The molecular formula is C12H24O6. The molecule has 0 aromatic carbocycles. The normalized spacial score (nSPS) is 14.2. The molecule has 0 radical (unpaired) electrons. The van der Waals surface area contributed by atoms with Gasteiger partial charge in [-0.2, -0.15) is 0 Å². The molecule has 0 spiro atoms. The van der Waals surface area contributed by atoms with E-state index in [1.54, 1.807) is 6.92 Å². The molecule has 18 heavy (non-hydrogen) atoms. The van der Waals surface area contributed by atoms with Crippen LogP contribution >= 0.6 is 0 Å². The summed E-state index contributed by atoms with van der Waals surface area (Å²) in [5.41, 5.74) is 0. The molecule has 108 valence electrons. The third-order valence-electron chi connectivity index (χ3n) is 2.27. The van der Waals surface area contributed by atoms with E-state index in [-0.39, 0.29) is 31.4 Å². The summed E-state index contributed by atoms with van der Waals surface area (Å²) >= 11 is 0. The summed E-state index contributed by atoms with van der Waals surface area (Å²) < 4.78 is 20.5. The molecule has 0 saturated heterocycles. The van der Waals surface area contributed by atoms with E-state index < -0.39 is 0 Å². The van der Waals surface area contributed by atoms with Crippen LogP contribution in [0, 0.1) is 0 Å². The van der Waals surface area contributed by atoms with Crippen LogP contribution in [-0.2, 0) is 23.7 Å². The van der Waals surface area contributed by atoms with Crippen LogP contribution in [-0.4, -0.2) is 62.9 Å². The maximum atomic E-state index is 10.9. The molecule has 0 aliphatic heterocycles. The zero-order valence-electron chi connectivity index (χ0n) is 11.4. The highest BCUT2D eigenvalue weighted by Gasteiger charge is 2.12. The Morgan fingerprint density at radius 3 is 2.28 bits per heavy atom. The molecule has 0 aliphatic carbocycles. The molecule has 0 bridgehead atoms. The maximum absolute atomic E-state index is 10.9. The molecule has 2 atom stereocenters. The molecule has 0 aliphatic rings. The van der Waals surface area contributed by atoms with E-state index in [2.05, 4.69) is 0 Å². The standard InChI is InChI=1S/C12H24O6/c1-4-16-12(14)9-15-7-8-18-11(3)10(2)17-6-5-13/h10-11,13H,4-9H2,1-3H3. The smallest absolute Gasteiger partial charge is 0.332 e. The number of hydrogen-bond donors (Lipinski definition) is 1. The minimum atomic E-state index is -0.370. The quantitative estimate of drug-likeness (QED) is 0.429. The fourth-order valence-corrected chi connectivity index (χ4v) is 1.16. The van der Waals surface area contributed by atoms with Crippen molar-refractivity contribution < 1.29 is 28.8 Å². The largest absolute Gasteiger partial charge is 0.464 e. The Kier molecular flexibility index (Phi) is 11.0. The van der Waals surface area contributed by atoms with E-state index in [1.165, 1.54) is 0 Å². The second-order valence-corrected chi connectivity index (χ2v) is 3.73. The van der Waals surface area contributed by atoms with Gasteiger partial charge in [0.1, 0.15) is 6.61 Å². The topological polar surface area (TPSA) is 74.2 Å². The zero-order valence-corrected chi connectivity index (χ0v) is 11.4. The van der Waals surface area contributed by atoms with Gasteiger partial charge in [0, 0.05) is 0 Å². The summed E-state index contributed by atoms with van der Waals surface area (Å²) in [6.45, 7) is 6.82. The summed E-state index contributed by atoms with van der Waals surface area (Å²) in [4.78, 5) is 10.9. The first-order valence-electron chi connectivity index (χ1n) is 6.19. The predicted octanol–water partition coefficient (Wildman–Crippen LogP) is 0.369. The average Bonchev–Trinajstić information content (AvgIpc) is 2.35. The summed E-state index contributed by atoms with van der Waals surface area (Å²) in [7, 11) is 0. The molecule has 6 nitrogen and oxygen atoms in total. The van der Waals surface area contributed by atoms with Gasteiger partial charge in [-0.25, -0.2) is 4.79 Å². The van der Waals surface area contributed by atoms with Gasteiger partial charge in [0.25, 0.3) is 0 Å². The first kappa shape index (κ1) is 17.3.